The Hall–Kier alpha value is -3.21. The minimum Gasteiger partial charge on any atom is -0.740 e. The third kappa shape index (κ3) is 2.64. The Kier molecular flexibility index (Phi) is 3.33. The highest BCUT2D eigenvalue weighted by Gasteiger charge is 2.34. The third-order valence-corrected chi connectivity index (χ3v) is 3.18. The molecule has 0 unspecified atom stereocenters. The molecule has 114 valence electrons. The van der Waals surface area contributed by atoms with Crippen molar-refractivity contribution >= 4 is 11.7 Å². The van der Waals surface area contributed by atoms with Crippen molar-refractivity contribution in [2.24, 2.45) is 4.99 Å². The smallest absolute Gasteiger partial charge is 0.416 e. The van der Waals surface area contributed by atoms with Crippen LogP contribution >= 0.6 is 0 Å². The third-order valence-electron chi connectivity index (χ3n) is 3.18. The zero-order chi connectivity index (χ0) is 16.6. The molecule has 0 fully saturated rings. The van der Waals surface area contributed by atoms with Crippen LogP contribution in [0.2, 0.25) is 0 Å². The number of hydroxylamine groups is 1. The Labute approximate surface area is 128 Å². The maximum Gasteiger partial charge on any atom is 0.416 e. The monoisotopic (exact) mass is 316 g/mol. The summed E-state index contributed by atoms with van der Waals surface area (Å²) < 4.78 is 39.0. The lowest BCUT2D eigenvalue weighted by molar-refractivity contribution is -0.337. The number of benzene rings is 1. The molecule has 0 aliphatic carbocycles. The van der Waals surface area contributed by atoms with E-state index >= 15 is 0 Å². The van der Waals surface area contributed by atoms with Crippen molar-refractivity contribution in [2.45, 2.75) is 6.18 Å². The van der Waals surface area contributed by atoms with Crippen molar-refractivity contribution in [3.63, 3.8) is 0 Å². The summed E-state index contributed by atoms with van der Waals surface area (Å²) in [5, 5.41) is 20.9. The molecule has 5 nitrogen and oxygen atoms in total. The van der Waals surface area contributed by atoms with Crippen molar-refractivity contribution in [1.29, 1.82) is 5.26 Å². The number of nitrogens with zero attached hydrogens (tertiary/aromatic N) is 4. The van der Waals surface area contributed by atoms with Crippen LogP contribution in [0.1, 0.15) is 22.3 Å². The lowest BCUT2D eigenvalue weighted by atomic mass is 10.0. The van der Waals surface area contributed by atoms with Crippen LogP contribution < -0.4 is 0 Å². The van der Waals surface area contributed by atoms with Crippen LogP contribution in [0.3, 0.4) is 0 Å². The molecule has 1 aliphatic rings. The van der Waals surface area contributed by atoms with Gasteiger partial charge in [-0.25, -0.2) is 4.74 Å². The first-order valence-corrected chi connectivity index (χ1v) is 6.36. The summed E-state index contributed by atoms with van der Waals surface area (Å²) in [6.45, 7) is 0. The highest BCUT2D eigenvalue weighted by atomic mass is 19.4. The molecule has 0 N–H and O–H groups in total. The fourth-order valence-electron chi connectivity index (χ4n) is 2.10. The Morgan fingerprint density at radius 1 is 1.09 bits per heavy atom. The predicted octanol–water partition coefficient (Wildman–Crippen LogP) is 2.69. The first-order chi connectivity index (χ1) is 10.9. The lowest BCUT2D eigenvalue weighted by Crippen LogP contribution is -2.33. The predicted molar refractivity (Wildman–Crippen MR) is 74.7 cm³/mol. The van der Waals surface area contributed by atoms with Crippen molar-refractivity contribution in [3.8, 4) is 6.07 Å². The van der Waals surface area contributed by atoms with E-state index in [1.165, 1.54) is 18.5 Å². The maximum absolute atomic E-state index is 12.9. The van der Waals surface area contributed by atoms with E-state index in [9.17, 15) is 18.4 Å². The number of pyridine rings is 1. The zero-order valence-corrected chi connectivity index (χ0v) is 11.4. The van der Waals surface area contributed by atoms with Crippen LogP contribution in [-0.2, 0) is 6.18 Å². The topological polar surface area (TPSA) is 75.1 Å². The van der Waals surface area contributed by atoms with Crippen molar-refractivity contribution < 1.29 is 17.9 Å². The summed E-state index contributed by atoms with van der Waals surface area (Å²) in [5.41, 5.74) is -0.737. The molecule has 0 saturated carbocycles. The molecule has 0 bridgehead atoms. The molecule has 1 aromatic carbocycles. The Balaban J connectivity index is 2.00. The SMILES string of the molecule is N#Cc1cc(C2=NC(c3ccncc3)=[N+]2[O-])cc(C(F)(F)F)c1. The summed E-state index contributed by atoms with van der Waals surface area (Å²) in [6.07, 6.45) is -1.67. The second-order valence-corrected chi connectivity index (χ2v) is 4.70. The van der Waals surface area contributed by atoms with Crippen LogP contribution in [0.15, 0.2) is 47.7 Å². The molecule has 2 heterocycles. The second-order valence-electron chi connectivity index (χ2n) is 4.70. The van der Waals surface area contributed by atoms with E-state index in [0.29, 0.717) is 10.3 Å². The highest BCUT2D eigenvalue weighted by Crippen LogP contribution is 2.31. The highest BCUT2D eigenvalue weighted by molar-refractivity contribution is 6.15. The first-order valence-electron chi connectivity index (χ1n) is 6.36. The van der Waals surface area contributed by atoms with Gasteiger partial charge in [-0.3, -0.25) is 4.98 Å². The van der Waals surface area contributed by atoms with E-state index in [1.54, 1.807) is 18.2 Å². The molecule has 2 aromatic rings. The second kappa shape index (κ2) is 5.21. The molecule has 23 heavy (non-hydrogen) atoms. The Morgan fingerprint density at radius 2 is 1.78 bits per heavy atom. The number of alkyl halides is 3. The van der Waals surface area contributed by atoms with Gasteiger partial charge in [0.1, 0.15) is 0 Å². The first kappa shape index (κ1) is 14.7. The molecule has 1 aromatic heterocycles. The molecule has 1 aliphatic heterocycles. The normalized spacial score (nSPS) is 14.1. The van der Waals surface area contributed by atoms with Crippen molar-refractivity contribution in [2.75, 3.05) is 0 Å². The fourth-order valence-corrected chi connectivity index (χ4v) is 2.10. The minimum atomic E-state index is -4.61. The quantitative estimate of drug-likeness (QED) is 0.631. The van der Waals surface area contributed by atoms with Gasteiger partial charge in [-0.1, -0.05) is 4.99 Å². The van der Waals surface area contributed by atoms with Gasteiger partial charge in [0.25, 0.3) is 11.7 Å². The van der Waals surface area contributed by atoms with Gasteiger partial charge < -0.3 is 5.21 Å². The summed E-state index contributed by atoms with van der Waals surface area (Å²) >= 11 is 0. The molecule has 0 spiro atoms. The van der Waals surface area contributed by atoms with Gasteiger partial charge in [-0.05, 0) is 30.3 Å². The van der Waals surface area contributed by atoms with Crippen LogP contribution in [0.25, 0.3) is 0 Å². The van der Waals surface area contributed by atoms with Gasteiger partial charge in [0.05, 0.1) is 28.3 Å². The summed E-state index contributed by atoms with van der Waals surface area (Å²) in [5.74, 6) is -0.0854. The summed E-state index contributed by atoms with van der Waals surface area (Å²) in [4.78, 5) is 7.79. The van der Waals surface area contributed by atoms with Gasteiger partial charge in [-0.15, -0.1) is 0 Å². The number of amidine groups is 2. The molecule has 8 heteroatoms. The minimum absolute atomic E-state index is 0.0517. The molecule has 0 saturated heterocycles. The van der Waals surface area contributed by atoms with E-state index in [0.717, 1.165) is 12.1 Å². The van der Waals surface area contributed by atoms with Gasteiger partial charge in [-0.2, -0.15) is 18.4 Å². The van der Waals surface area contributed by atoms with Crippen molar-refractivity contribution in [3.05, 3.63) is 70.2 Å². The van der Waals surface area contributed by atoms with E-state index in [2.05, 4.69) is 9.98 Å². The molecular weight excluding hydrogens is 309 g/mol. The van der Waals surface area contributed by atoms with Crippen LogP contribution in [0, 0.1) is 16.5 Å². The van der Waals surface area contributed by atoms with Crippen molar-refractivity contribution in [1.82, 2.24) is 4.98 Å². The number of rotatable bonds is 2. The molecule has 0 atom stereocenters. The zero-order valence-electron chi connectivity index (χ0n) is 11.4. The number of hydrogen-bond acceptors (Lipinski definition) is 4. The standard InChI is InChI=1S/C15H7F3N4O/c16-15(17,18)12-6-9(8-19)5-11(7-12)14-21-13(22(14)23)10-1-3-20-4-2-10/h1-7H. The average Bonchev–Trinajstić information content (AvgIpc) is 2.53. The number of aliphatic imine (C=N–C) groups is 1. The number of aromatic nitrogens is 1. The maximum atomic E-state index is 12.9. The van der Waals surface area contributed by atoms with Gasteiger partial charge in [0.2, 0.25) is 0 Å². The Morgan fingerprint density at radius 3 is 2.35 bits per heavy atom. The average molecular weight is 316 g/mol. The largest absolute Gasteiger partial charge is 0.740 e. The summed E-state index contributed by atoms with van der Waals surface area (Å²) in [6, 6.07) is 7.50. The van der Waals surface area contributed by atoms with E-state index in [4.69, 9.17) is 5.26 Å². The molecule has 3 rings (SSSR count). The number of nitriles is 1. The van der Waals surface area contributed by atoms with Gasteiger partial charge in [0, 0.05) is 12.4 Å². The van der Waals surface area contributed by atoms with Gasteiger partial charge >= 0.3 is 6.18 Å². The molecular formula is C15H7F3N4O. The van der Waals surface area contributed by atoms with E-state index in [1.807, 2.05) is 0 Å². The lowest BCUT2D eigenvalue weighted by Gasteiger charge is -2.22. The molecule has 0 amide bonds. The Bertz CT molecular complexity index is 880. The van der Waals surface area contributed by atoms with Crippen LogP contribution in [-0.4, -0.2) is 21.4 Å². The fraction of sp³-hybridized carbons (Fsp3) is 0.0667. The number of hydrogen-bond donors (Lipinski definition) is 0. The summed E-state index contributed by atoms with van der Waals surface area (Å²) in [7, 11) is 0. The van der Waals surface area contributed by atoms with Gasteiger partial charge in [0.15, 0.2) is 0 Å². The van der Waals surface area contributed by atoms with E-state index in [-0.39, 0.29) is 22.8 Å². The number of halogens is 3. The molecule has 0 radical (unpaired) electrons. The van der Waals surface area contributed by atoms with Crippen LogP contribution in [0.4, 0.5) is 13.2 Å². The van der Waals surface area contributed by atoms with E-state index < -0.39 is 11.7 Å². The van der Waals surface area contributed by atoms with Crippen LogP contribution in [0.5, 0.6) is 0 Å².